The molecule has 10 aromatic carbocycles. The molecule has 0 amide bonds. The lowest BCUT2D eigenvalue weighted by molar-refractivity contribution is 1.20. The average Bonchev–Trinajstić information content (AvgIpc) is 3.62. The molecule has 0 bridgehead atoms. The lowest BCUT2D eigenvalue weighted by Gasteiger charge is -2.16. The minimum absolute atomic E-state index is 1.18. The van der Waals surface area contributed by atoms with Crippen LogP contribution >= 0.6 is 0 Å². The highest BCUT2D eigenvalue weighted by Crippen LogP contribution is 2.42. The van der Waals surface area contributed by atoms with E-state index in [1.807, 2.05) is 0 Å². The van der Waals surface area contributed by atoms with Crippen molar-refractivity contribution in [1.29, 1.82) is 0 Å². The molecular weight excluding hydrogens is 687 g/mol. The SMILES string of the molecule is c1ccc(-c2ccc(-c3ccc4c(c3)c3cc(-c5ccc(-c6ccccc6)cc5)ccc3n4-c3ccc(-c4cccc5ccccc45)c4ccccc34)cc2)cc1. The van der Waals surface area contributed by atoms with Crippen molar-refractivity contribution < 1.29 is 0 Å². The van der Waals surface area contributed by atoms with Gasteiger partial charge in [0, 0.05) is 16.2 Å². The van der Waals surface area contributed by atoms with Crippen molar-refractivity contribution in [2.24, 2.45) is 0 Å². The largest absolute Gasteiger partial charge is 0.309 e. The minimum Gasteiger partial charge on any atom is -0.309 e. The Bertz CT molecular complexity index is 3100. The number of fused-ring (bicyclic) bond motifs is 5. The maximum absolute atomic E-state index is 2.48. The van der Waals surface area contributed by atoms with Crippen molar-refractivity contribution in [3.8, 4) is 61.3 Å². The highest BCUT2D eigenvalue weighted by molar-refractivity contribution is 6.14. The summed E-state index contributed by atoms with van der Waals surface area (Å²) >= 11 is 0. The normalized spacial score (nSPS) is 11.5. The molecule has 0 saturated carbocycles. The van der Waals surface area contributed by atoms with E-state index < -0.39 is 0 Å². The molecule has 0 atom stereocenters. The Morgan fingerprint density at radius 2 is 0.632 bits per heavy atom. The molecule has 1 aromatic heterocycles. The molecule has 0 fully saturated rings. The van der Waals surface area contributed by atoms with Crippen LogP contribution in [0.25, 0.3) is 105 Å². The Morgan fingerprint density at radius 3 is 1.19 bits per heavy atom. The number of hydrogen-bond donors (Lipinski definition) is 0. The summed E-state index contributed by atoms with van der Waals surface area (Å²) in [5.74, 6) is 0. The summed E-state index contributed by atoms with van der Waals surface area (Å²) in [5.41, 5.74) is 15.8. The number of benzene rings is 10. The van der Waals surface area contributed by atoms with Gasteiger partial charge >= 0.3 is 0 Å². The van der Waals surface area contributed by atoms with Gasteiger partial charge in [-0.1, -0.05) is 194 Å². The van der Waals surface area contributed by atoms with Gasteiger partial charge in [-0.3, -0.25) is 0 Å². The van der Waals surface area contributed by atoms with Gasteiger partial charge in [-0.2, -0.15) is 0 Å². The summed E-state index contributed by atoms with van der Waals surface area (Å²) in [7, 11) is 0. The van der Waals surface area contributed by atoms with Crippen molar-refractivity contribution in [2.45, 2.75) is 0 Å². The second-order valence-corrected chi connectivity index (χ2v) is 14.9. The summed E-state index contributed by atoms with van der Waals surface area (Å²) < 4.78 is 2.48. The quantitative estimate of drug-likeness (QED) is 0.161. The van der Waals surface area contributed by atoms with Gasteiger partial charge in [0.05, 0.1) is 16.7 Å². The number of hydrogen-bond acceptors (Lipinski definition) is 0. The maximum Gasteiger partial charge on any atom is 0.0541 e. The highest BCUT2D eigenvalue weighted by atomic mass is 15.0. The van der Waals surface area contributed by atoms with Crippen LogP contribution in [0, 0.1) is 0 Å². The highest BCUT2D eigenvalue weighted by Gasteiger charge is 2.18. The van der Waals surface area contributed by atoms with Crippen LogP contribution in [-0.2, 0) is 0 Å². The first-order valence-corrected chi connectivity index (χ1v) is 19.7. The topological polar surface area (TPSA) is 4.93 Å². The average molecular weight is 724 g/mol. The summed E-state index contributed by atoms with van der Waals surface area (Å²) in [5, 5.41) is 7.46. The van der Waals surface area contributed by atoms with Crippen LogP contribution in [0.3, 0.4) is 0 Å². The molecule has 0 aliphatic heterocycles. The standard InChI is InChI=1S/C56H37N/c1-3-12-38(13-4-1)40-22-26-42(27-23-40)45-30-33-55-52(36-45)53-37-46(43-28-24-41(25-29-43)39-14-5-2-6-15-39)31-34-56(53)57(55)54-35-32-50(49-19-9-10-20-51(49)54)48-21-11-17-44-16-7-8-18-47(44)48/h1-37H. The summed E-state index contributed by atoms with van der Waals surface area (Å²) in [6, 6.07) is 82.0. The first-order chi connectivity index (χ1) is 28.3. The third-order valence-electron chi connectivity index (χ3n) is 11.6. The van der Waals surface area contributed by atoms with E-state index in [4.69, 9.17) is 0 Å². The van der Waals surface area contributed by atoms with Crippen molar-refractivity contribution in [3.63, 3.8) is 0 Å². The van der Waals surface area contributed by atoms with E-state index in [1.54, 1.807) is 0 Å². The van der Waals surface area contributed by atoms with Crippen LogP contribution in [0.1, 0.15) is 0 Å². The van der Waals surface area contributed by atoms with Gasteiger partial charge in [-0.25, -0.2) is 0 Å². The zero-order chi connectivity index (χ0) is 37.7. The van der Waals surface area contributed by atoms with Gasteiger partial charge in [-0.15, -0.1) is 0 Å². The zero-order valence-corrected chi connectivity index (χ0v) is 31.3. The van der Waals surface area contributed by atoms with Gasteiger partial charge in [0.15, 0.2) is 0 Å². The lowest BCUT2D eigenvalue weighted by Crippen LogP contribution is -1.96. The summed E-state index contributed by atoms with van der Waals surface area (Å²) in [4.78, 5) is 0. The van der Waals surface area contributed by atoms with Gasteiger partial charge in [0.1, 0.15) is 0 Å². The predicted molar refractivity (Wildman–Crippen MR) is 243 cm³/mol. The Labute approximate surface area is 332 Å². The number of nitrogens with zero attached hydrogens (tertiary/aromatic N) is 1. The first-order valence-electron chi connectivity index (χ1n) is 19.7. The molecule has 0 N–H and O–H groups in total. The van der Waals surface area contributed by atoms with E-state index in [0.29, 0.717) is 0 Å². The molecule has 0 aliphatic rings. The smallest absolute Gasteiger partial charge is 0.0541 e. The fourth-order valence-electron chi connectivity index (χ4n) is 8.79. The lowest BCUT2D eigenvalue weighted by atomic mass is 9.93. The molecule has 57 heavy (non-hydrogen) atoms. The Kier molecular flexibility index (Phi) is 7.89. The molecule has 266 valence electrons. The monoisotopic (exact) mass is 723 g/mol. The van der Waals surface area contributed by atoms with Crippen LogP contribution in [0.2, 0.25) is 0 Å². The molecule has 0 unspecified atom stereocenters. The van der Waals surface area contributed by atoms with E-state index in [1.165, 1.54) is 105 Å². The third-order valence-corrected chi connectivity index (χ3v) is 11.6. The molecule has 1 heteroatoms. The maximum atomic E-state index is 2.48. The van der Waals surface area contributed by atoms with E-state index in [9.17, 15) is 0 Å². The number of aromatic nitrogens is 1. The van der Waals surface area contributed by atoms with Crippen molar-refractivity contribution in [3.05, 3.63) is 224 Å². The minimum atomic E-state index is 1.18. The van der Waals surface area contributed by atoms with Crippen LogP contribution in [-0.4, -0.2) is 4.57 Å². The van der Waals surface area contributed by atoms with Gasteiger partial charge in [0.2, 0.25) is 0 Å². The Morgan fingerprint density at radius 1 is 0.228 bits per heavy atom. The Hall–Kier alpha value is -7.48. The number of rotatable bonds is 6. The molecule has 11 aromatic rings. The van der Waals surface area contributed by atoms with Crippen LogP contribution < -0.4 is 0 Å². The van der Waals surface area contributed by atoms with Gasteiger partial charge in [0.25, 0.3) is 0 Å². The van der Waals surface area contributed by atoms with Gasteiger partial charge < -0.3 is 4.57 Å². The molecular formula is C56H37N. The summed E-state index contributed by atoms with van der Waals surface area (Å²) in [6.45, 7) is 0. The van der Waals surface area contributed by atoms with Gasteiger partial charge in [-0.05, 0) is 102 Å². The van der Waals surface area contributed by atoms with E-state index in [0.717, 1.165) is 0 Å². The Balaban J connectivity index is 1.10. The first kappa shape index (κ1) is 32.9. The van der Waals surface area contributed by atoms with E-state index in [-0.39, 0.29) is 0 Å². The van der Waals surface area contributed by atoms with Crippen molar-refractivity contribution in [2.75, 3.05) is 0 Å². The zero-order valence-electron chi connectivity index (χ0n) is 31.3. The predicted octanol–water partition coefficient (Wildman–Crippen LogP) is 15.4. The molecule has 1 nitrogen and oxygen atoms in total. The molecule has 0 saturated heterocycles. The fraction of sp³-hybridized carbons (Fsp3) is 0. The fourth-order valence-corrected chi connectivity index (χ4v) is 8.79. The second-order valence-electron chi connectivity index (χ2n) is 14.9. The second kappa shape index (κ2) is 13.7. The summed E-state index contributed by atoms with van der Waals surface area (Å²) in [6.07, 6.45) is 0. The van der Waals surface area contributed by atoms with E-state index in [2.05, 4.69) is 229 Å². The van der Waals surface area contributed by atoms with Crippen molar-refractivity contribution >= 4 is 43.4 Å². The molecule has 0 aliphatic carbocycles. The molecule has 1 heterocycles. The molecule has 0 radical (unpaired) electrons. The van der Waals surface area contributed by atoms with Crippen LogP contribution in [0.4, 0.5) is 0 Å². The third kappa shape index (κ3) is 5.72. The van der Waals surface area contributed by atoms with Crippen LogP contribution in [0.15, 0.2) is 224 Å². The van der Waals surface area contributed by atoms with Crippen LogP contribution in [0.5, 0.6) is 0 Å². The molecule has 0 spiro atoms. The van der Waals surface area contributed by atoms with E-state index >= 15 is 0 Å². The van der Waals surface area contributed by atoms with Crippen molar-refractivity contribution in [1.82, 2.24) is 4.57 Å². The molecule has 11 rings (SSSR count).